The molecule has 0 saturated carbocycles. The summed E-state index contributed by atoms with van der Waals surface area (Å²) in [5.74, 6) is -0.392. The fourth-order valence-corrected chi connectivity index (χ4v) is 1.68. The Balaban J connectivity index is 2.28. The van der Waals surface area contributed by atoms with Gasteiger partial charge in [-0.25, -0.2) is 0 Å². The number of nitrogens with one attached hydrogen (secondary N) is 1. The number of carbonyl (C=O) groups excluding carboxylic acids is 1. The monoisotopic (exact) mass is 208 g/mol. The standard InChI is InChI=1S/C11H13FN2O/c1-14-6-4-8(7-10(14)15)9-3-2-5-13-11(9)12/h2-3,7,13H,4-6H2,1H3. The summed E-state index contributed by atoms with van der Waals surface area (Å²) in [5, 5.41) is 2.62. The normalized spacial score (nSPS) is 21.6. The molecule has 0 fully saturated rings. The van der Waals surface area contributed by atoms with Crippen LogP contribution in [0.25, 0.3) is 0 Å². The largest absolute Gasteiger partial charge is 0.358 e. The van der Waals surface area contributed by atoms with Crippen molar-refractivity contribution in [2.75, 3.05) is 20.1 Å². The van der Waals surface area contributed by atoms with Gasteiger partial charge in [0.15, 0.2) is 5.95 Å². The van der Waals surface area contributed by atoms with Gasteiger partial charge in [-0.05, 0) is 12.0 Å². The molecule has 0 bridgehead atoms. The van der Waals surface area contributed by atoms with E-state index in [9.17, 15) is 9.18 Å². The first-order chi connectivity index (χ1) is 7.18. The van der Waals surface area contributed by atoms with E-state index in [1.165, 1.54) is 6.08 Å². The first-order valence-electron chi connectivity index (χ1n) is 4.94. The Morgan fingerprint density at radius 3 is 3.00 bits per heavy atom. The molecular weight excluding hydrogens is 195 g/mol. The van der Waals surface area contributed by atoms with E-state index < -0.39 is 0 Å². The molecule has 0 aliphatic carbocycles. The summed E-state index contributed by atoms with van der Waals surface area (Å²) < 4.78 is 13.4. The lowest BCUT2D eigenvalue weighted by Crippen LogP contribution is -2.30. The maximum atomic E-state index is 13.4. The number of rotatable bonds is 1. The average molecular weight is 208 g/mol. The van der Waals surface area contributed by atoms with Gasteiger partial charge in [0.2, 0.25) is 5.91 Å². The number of amides is 1. The fraction of sp³-hybridized carbons (Fsp3) is 0.364. The summed E-state index contributed by atoms with van der Waals surface area (Å²) in [6.07, 6.45) is 5.80. The average Bonchev–Trinajstić information content (AvgIpc) is 2.23. The highest BCUT2D eigenvalue weighted by atomic mass is 19.1. The minimum absolute atomic E-state index is 0.0597. The van der Waals surface area contributed by atoms with Gasteiger partial charge in [-0.3, -0.25) is 4.79 Å². The number of hydrogen-bond acceptors (Lipinski definition) is 2. The van der Waals surface area contributed by atoms with E-state index in [0.717, 1.165) is 5.57 Å². The Hall–Kier alpha value is -1.58. The Morgan fingerprint density at radius 2 is 2.33 bits per heavy atom. The van der Waals surface area contributed by atoms with Crippen molar-refractivity contribution in [3.8, 4) is 0 Å². The van der Waals surface area contributed by atoms with Crippen molar-refractivity contribution in [2.45, 2.75) is 6.42 Å². The van der Waals surface area contributed by atoms with E-state index in [2.05, 4.69) is 5.32 Å². The van der Waals surface area contributed by atoms with Gasteiger partial charge in [0.25, 0.3) is 0 Å². The van der Waals surface area contributed by atoms with Crippen molar-refractivity contribution in [3.05, 3.63) is 35.3 Å². The number of likely N-dealkylation sites (N-methyl/N-ethyl adjacent to an activating group) is 1. The van der Waals surface area contributed by atoms with E-state index >= 15 is 0 Å². The predicted molar refractivity (Wildman–Crippen MR) is 55.6 cm³/mol. The molecule has 0 aromatic rings. The SMILES string of the molecule is CN1CCC(C2=C(F)NCC=C2)=CC1=O. The van der Waals surface area contributed by atoms with Crippen LogP contribution in [-0.2, 0) is 4.79 Å². The maximum absolute atomic E-state index is 13.4. The quantitative estimate of drug-likeness (QED) is 0.655. The Bertz CT molecular complexity index is 382. The number of carbonyl (C=O) groups is 1. The van der Waals surface area contributed by atoms with Crippen LogP contribution in [0.1, 0.15) is 6.42 Å². The Labute approximate surface area is 87.9 Å². The lowest BCUT2D eigenvalue weighted by molar-refractivity contribution is -0.125. The van der Waals surface area contributed by atoms with E-state index in [0.29, 0.717) is 25.1 Å². The topological polar surface area (TPSA) is 32.3 Å². The second kappa shape index (κ2) is 3.88. The van der Waals surface area contributed by atoms with Crippen LogP contribution in [-0.4, -0.2) is 30.9 Å². The van der Waals surface area contributed by atoms with Crippen LogP contribution < -0.4 is 5.32 Å². The van der Waals surface area contributed by atoms with Crippen molar-refractivity contribution in [1.29, 1.82) is 0 Å². The van der Waals surface area contributed by atoms with Crippen LogP contribution in [0.5, 0.6) is 0 Å². The summed E-state index contributed by atoms with van der Waals surface area (Å²) in [7, 11) is 1.75. The summed E-state index contributed by atoms with van der Waals surface area (Å²) in [6, 6.07) is 0. The van der Waals surface area contributed by atoms with Gasteiger partial charge in [0.1, 0.15) is 0 Å². The van der Waals surface area contributed by atoms with Crippen LogP contribution >= 0.6 is 0 Å². The summed E-state index contributed by atoms with van der Waals surface area (Å²) in [6.45, 7) is 1.16. The second-order valence-electron chi connectivity index (χ2n) is 3.69. The molecule has 1 N–H and O–H groups in total. The van der Waals surface area contributed by atoms with Crippen LogP contribution in [0.3, 0.4) is 0 Å². The highest BCUT2D eigenvalue weighted by Crippen LogP contribution is 2.24. The number of dihydropyridines is 1. The molecule has 3 nitrogen and oxygen atoms in total. The fourth-order valence-electron chi connectivity index (χ4n) is 1.68. The third kappa shape index (κ3) is 1.93. The first kappa shape index (κ1) is 9.96. The lowest BCUT2D eigenvalue weighted by Gasteiger charge is -2.23. The van der Waals surface area contributed by atoms with Crippen molar-refractivity contribution in [3.63, 3.8) is 0 Å². The lowest BCUT2D eigenvalue weighted by atomic mass is 9.98. The van der Waals surface area contributed by atoms with Crippen LogP contribution in [0.2, 0.25) is 0 Å². The molecule has 0 radical (unpaired) electrons. The molecule has 15 heavy (non-hydrogen) atoms. The van der Waals surface area contributed by atoms with Gasteiger partial charge in [-0.1, -0.05) is 12.2 Å². The van der Waals surface area contributed by atoms with E-state index in [1.54, 1.807) is 18.0 Å². The minimum atomic E-state index is -0.332. The van der Waals surface area contributed by atoms with Crippen LogP contribution in [0.4, 0.5) is 4.39 Å². The summed E-state index contributed by atoms with van der Waals surface area (Å²) in [4.78, 5) is 13.0. The van der Waals surface area contributed by atoms with Gasteiger partial charge in [-0.2, -0.15) is 4.39 Å². The molecule has 80 valence electrons. The number of hydrogen-bond donors (Lipinski definition) is 1. The third-order valence-corrected chi connectivity index (χ3v) is 2.63. The zero-order valence-corrected chi connectivity index (χ0v) is 8.59. The minimum Gasteiger partial charge on any atom is -0.358 e. The number of allylic oxidation sites excluding steroid dienone is 2. The molecule has 0 atom stereocenters. The first-order valence-corrected chi connectivity index (χ1v) is 4.94. The number of halogens is 1. The molecule has 2 rings (SSSR count). The molecule has 0 saturated heterocycles. The molecule has 0 spiro atoms. The zero-order valence-electron chi connectivity index (χ0n) is 8.59. The Kier molecular flexibility index (Phi) is 2.58. The molecular formula is C11H13FN2O. The van der Waals surface area contributed by atoms with Crippen LogP contribution in [0.15, 0.2) is 35.3 Å². The van der Waals surface area contributed by atoms with Crippen LogP contribution in [0, 0.1) is 0 Å². The predicted octanol–water partition coefficient (Wildman–Crippen LogP) is 1.12. The number of nitrogens with zero attached hydrogens (tertiary/aromatic N) is 1. The van der Waals surface area contributed by atoms with Gasteiger partial charge in [0.05, 0.1) is 0 Å². The van der Waals surface area contributed by atoms with Crippen molar-refractivity contribution >= 4 is 5.91 Å². The summed E-state index contributed by atoms with van der Waals surface area (Å²) >= 11 is 0. The van der Waals surface area contributed by atoms with Crippen molar-refractivity contribution < 1.29 is 9.18 Å². The molecule has 2 aliphatic rings. The molecule has 2 aliphatic heterocycles. The molecule has 2 heterocycles. The van der Waals surface area contributed by atoms with E-state index in [1.807, 2.05) is 6.08 Å². The highest BCUT2D eigenvalue weighted by Gasteiger charge is 2.19. The second-order valence-corrected chi connectivity index (χ2v) is 3.69. The molecule has 0 aromatic carbocycles. The van der Waals surface area contributed by atoms with Crippen molar-refractivity contribution in [2.24, 2.45) is 0 Å². The smallest absolute Gasteiger partial charge is 0.246 e. The maximum Gasteiger partial charge on any atom is 0.246 e. The summed E-state index contributed by atoms with van der Waals surface area (Å²) in [5.41, 5.74) is 1.29. The molecule has 4 heteroatoms. The highest BCUT2D eigenvalue weighted by molar-refractivity contribution is 5.90. The van der Waals surface area contributed by atoms with E-state index in [-0.39, 0.29) is 11.9 Å². The van der Waals surface area contributed by atoms with Gasteiger partial charge < -0.3 is 10.2 Å². The molecule has 0 unspecified atom stereocenters. The van der Waals surface area contributed by atoms with Gasteiger partial charge in [0, 0.05) is 31.8 Å². The third-order valence-electron chi connectivity index (χ3n) is 2.63. The molecule has 0 aromatic heterocycles. The molecule has 1 amide bonds. The Morgan fingerprint density at radius 1 is 1.53 bits per heavy atom. The van der Waals surface area contributed by atoms with Gasteiger partial charge in [-0.15, -0.1) is 0 Å². The van der Waals surface area contributed by atoms with Crippen molar-refractivity contribution in [1.82, 2.24) is 10.2 Å². The zero-order chi connectivity index (χ0) is 10.8. The van der Waals surface area contributed by atoms with E-state index in [4.69, 9.17) is 0 Å². The van der Waals surface area contributed by atoms with Gasteiger partial charge >= 0.3 is 0 Å².